The molecule has 37 heavy (non-hydrogen) atoms. The van der Waals surface area contributed by atoms with Crippen molar-refractivity contribution in [2.24, 2.45) is 0 Å². The van der Waals surface area contributed by atoms with Gasteiger partial charge in [0.05, 0.1) is 24.9 Å². The number of carbonyl (C=O) groups is 1. The average Bonchev–Trinajstić information content (AvgIpc) is 3.39. The van der Waals surface area contributed by atoms with Crippen LogP contribution in [0.1, 0.15) is 65.1 Å². The van der Waals surface area contributed by atoms with Crippen LogP contribution in [0.25, 0.3) is 0 Å². The molecule has 5 heterocycles. The quantitative estimate of drug-likeness (QED) is 0.430. The lowest BCUT2D eigenvalue weighted by Crippen LogP contribution is -2.37. The molecule has 198 valence electrons. The molecule has 2 aliphatic rings. The molecule has 0 atom stereocenters. The van der Waals surface area contributed by atoms with Gasteiger partial charge >= 0.3 is 5.97 Å². The van der Waals surface area contributed by atoms with Crippen molar-refractivity contribution in [1.82, 2.24) is 15.0 Å². The molecule has 3 aromatic rings. The number of hydrogen-bond acceptors (Lipinski definition) is 11. The van der Waals surface area contributed by atoms with Crippen molar-refractivity contribution in [3.05, 3.63) is 39.8 Å². The number of anilines is 4. The van der Waals surface area contributed by atoms with Crippen LogP contribution in [0.15, 0.2) is 16.5 Å². The highest BCUT2D eigenvalue weighted by atomic mass is 32.1. The summed E-state index contributed by atoms with van der Waals surface area (Å²) in [6.07, 6.45) is 4.14. The van der Waals surface area contributed by atoms with Crippen LogP contribution < -0.4 is 15.1 Å². The number of ether oxygens (including phenoxy) is 1. The molecule has 0 bridgehead atoms. The Labute approximate surface area is 220 Å². The first kappa shape index (κ1) is 25.5. The molecule has 0 unspecified atom stereocenters. The van der Waals surface area contributed by atoms with Crippen molar-refractivity contribution in [1.29, 1.82) is 0 Å². The van der Waals surface area contributed by atoms with Crippen LogP contribution in [-0.2, 0) is 17.7 Å². The van der Waals surface area contributed by atoms with Gasteiger partial charge in [0.15, 0.2) is 5.13 Å². The van der Waals surface area contributed by atoms with Crippen LogP contribution in [0.4, 0.5) is 22.7 Å². The van der Waals surface area contributed by atoms with E-state index in [0.717, 1.165) is 67.6 Å². The molecule has 5 rings (SSSR count). The van der Waals surface area contributed by atoms with E-state index in [1.54, 1.807) is 13.8 Å². The molecule has 0 spiro atoms. The zero-order chi connectivity index (χ0) is 25.9. The average molecular weight is 527 g/mol. The highest BCUT2D eigenvalue weighted by molar-refractivity contribution is 7.17. The number of rotatable bonds is 7. The fourth-order valence-electron chi connectivity index (χ4n) is 4.89. The van der Waals surface area contributed by atoms with E-state index >= 15 is 0 Å². The maximum atomic E-state index is 12.3. The summed E-state index contributed by atoms with van der Waals surface area (Å²) in [7, 11) is 0. The van der Waals surface area contributed by atoms with E-state index in [9.17, 15) is 9.90 Å². The van der Waals surface area contributed by atoms with Crippen LogP contribution >= 0.6 is 11.3 Å². The zero-order valence-electron chi connectivity index (χ0n) is 21.6. The second-order valence-electron chi connectivity index (χ2n) is 9.56. The number of thiazole rings is 1. The van der Waals surface area contributed by atoms with Crippen molar-refractivity contribution in [2.75, 3.05) is 41.4 Å². The number of nitrogens with one attached hydrogen (secondary N) is 1. The van der Waals surface area contributed by atoms with E-state index in [1.165, 1.54) is 11.3 Å². The topological polar surface area (TPSA) is 117 Å². The van der Waals surface area contributed by atoms with Gasteiger partial charge in [-0.15, -0.1) is 0 Å². The van der Waals surface area contributed by atoms with Crippen molar-refractivity contribution in [3.63, 3.8) is 0 Å². The Kier molecular flexibility index (Phi) is 7.61. The van der Waals surface area contributed by atoms with Gasteiger partial charge in [-0.05, 0) is 65.0 Å². The van der Waals surface area contributed by atoms with Crippen LogP contribution in [0.5, 0.6) is 0 Å². The van der Waals surface area contributed by atoms with Crippen LogP contribution in [0.3, 0.4) is 0 Å². The van der Waals surface area contributed by atoms with Gasteiger partial charge in [-0.25, -0.2) is 9.78 Å². The SMILES string of the molecule is CCOC(=O)c1sc(Nc2nc(N3CCC(O)CC3)c3c(n2)N(Cc2ccc(C)o2)CCCC3)nc1C. The Morgan fingerprint density at radius 1 is 1.16 bits per heavy atom. The number of fused-ring (bicyclic) bond motifs is 1. The number of carbonyl (C=O) groups excluding carboxylic acids is 1. The number of aryl methyl sites for hydroxylation is 2. The number of furan rings is 1. The van der Waals surface area contributed by atoms with Gasteiger partial charge < -0.3 is 24.1 Å². The zero-order valence-corrected chi connectivity index (χ0v) is 22.4. The number of hydrogen-bond donors (Lipinski definition) is 2. The Morgan fingerprint density at radius 3 is 2.68 bits per heavy atom. The van der Waals surface area contributed by atoms with Crippen LogP contribution in [0.2, 0.25) is 0 Å². The molecule has 1 fully saturated rings. The number of aliphatic hydroxyl groups is 1. The minimum Gasteiger partial charge on any atom is -0.464 e. The predicted molar refractivity (Wildman–Crippen MR) is 143 cm³/mol. The van der Waals surface area contributed by atoms with E-state index in [1.807, 2.05) is 19.1 Å². The predicted octanol–water partition coefficient (Wildman–Crippen LogP) is 4.37. The summed E-state index contributed by atoms with van der Waals surface area (Å²) in [4.78, 5) is 31.8. The third-order valence-corrected chi connectivity index (χ3v) is 7.80. The maximum absolute atomic E-state index is 12.3. The van der Waals surface area contributed by atoms with Gasteiger partial charge in [-0.1, -0.05) is 11.3 Å². The minimum absolute atomic E-state index is 0.271. The number of aliphatic hydroxyl groups excluding tert-OH is 1. The van der Waals surface area contributed by atoms with Gasteiger partial charge in [0.25, 0.3) is 0 Å². The van der Waals surface area contributed by atoms with E-state index in [-0.39, 0.29) is 12.1 Å². The monoisotopic (exact) mass is 526 g/mol. The van der Waals surface area contributed by atoms with Crippen LogP contribution in [0, 0.1) is 13.8 Å². The fourth-order valence-corrected chi connectivity index (χ4v) is 5.75. The third kappa shape index (κ3) is 5.72. The van der Waals surface area contributed by atoms with E-state index in [0.29, 0.717) is 47.6 Å². The Bertz CT molecular complexity index is 1250. The van der Waals surface area contributed by atoms with Crippen molar-refractivity contribution in [2.45, 2.75) is 65.5 Å². The molecule has 0 aliphatic carbocycles. The fraction of sp³-hybridized carbons (Fsp3) is 0.538. The molecule has 1 saturated heterocycles. The Hall–Kier alpha value is -3.18. The Morgan fingerprint density at radius 2 is 1.95 bits per heavy atom. The summed E-state index contributed by atoms with van der Waals surface area (Å²) < 4.78 is 11.1. The van der Waals surface area contributed by atoms with E-state index < -0.39 is 0 Å². The summed E-state index contributed by atoms with van der Waals surface area (Å²) in [5, 5.41) is 13.9. The molecule has 0 aromatic carbocycles. The van der Waals surface area contributed by atoms with E-state index in [2.05, 4.69) is 20.1 Å². The molecule has 11 heteroatoms. The molecule has 0 saturated carbocycles. The lowest BCUT2D eigenvalue weighted by Gasteiger charge is -2.33. The van der Waals surface area contributed by atoms with Gasteiger partial charge in [0.1, 0.15) is 28.0 Å². The third-order valence-electron chi connectivity index (χ3n) is 6.75. The number of esters is 1. The second-order valence-corrected chi connectivity index (χ2v) is 10.6. The highest BCUT2D eigenvalue weighted by Crippen LogP contribution is 2.36. The summed E-state index contributed by atoms with van der Waals surface area (Å²) in [6.45, 7) is 8.82. The lowest BCUT2D eigenvalue weighted by atomic mass is 10.1. The summed E-state index contributed by atoms with van der Waals surface area (Å²) >= 11 is 1.24. The second kappa shape index (κ2) is 11.1. The summed E-state index contributed by atoms with van der Waals surface area (Å²) in [5.41, 5.74) is 1.74. The van der Waals surface area contributed by atoms with Crippen molar-refractivity contribution in [3.8, 4) is 0 Å². The smallest absolute Gasteiger partial charge is 0.350 e. The summed E-state index contributed by atoms with van der Waals surface area (Å²) in [5.74, 6) is 3.65. The van der Waals surface area contributed by atoms with Gasteiger partial charge in [-0.2, -0.15) is 9.97 Å². The molecular formula is C26H34N6O4S. The molecule has 2 aliphatic heterocycles. The molecule has 0 radical (unpaired) electrons. The first-order valence-corrected chi connectivity index (χ1v) is 13.8. The first-order chi connectivity index (χ1) is 17.9. The van der Waals surface area contributed by atoms with Crippen LogP contribution in [-0.4, -0.2) is 58.4 Å². The normalized spacial score (nSPS) is 16.4. The number of aromatic nitrogens is 3. The minimum atomic E-state index is -0.374. The largest absolute Gasteiger partial charge is 0.464 e. The lowest BCUT2D eigenvalue weighted by molar-refractivity contribution is 0.0531. The highest BCUT2D eigenvalue weighted by Gasteiger charge is 2.28. The molecular weight excluding hydrogens is 492 g/mol. The Balaban J connectivity index is 1.52. The molecule has 3 aromatic heterocycles. The number of piperidine rings is 1. The van der Waals surface area contributed by atoms with Gasteiger partial charge in [0.2, 0.25) is 5.95 Å². The molecule has 0 amide bonds. The van der Waals surface area contributed by atoms with Crippen molar-refractivity contribution >= 4 is 40.0 Å². The maximum Gasteiger partial charge on any atom is 0.350 e. The van der Waals surface area contributed by atoms with E-state index in [4.69, 9.17) is 19.1 Å². The first-order valence-electron chi connectivity index (χ1n) is 13.0. The van der Waals surface area contributed by atoms with Gasteiger partial charge in [-0.3, -0.25) is 5.32 Å². The van der Waals surface area contributed by atoms with Gasteiger partial charge in [0, 0.05) is 25.2 Å². The van der Waals surface area contributed by atoms with Crippen molar-refractivity contribution < 1.29 is 19.1 Å². The molecule has 2 N–H and O–H groups in total. The standard InChI is InChI=1S/C26H34N6O4S/c1-4-35-24(34)21-17(3)27-26(37-21)30-25-28-22(31-13-10-18(33)11-14-31)20-7-5-6-12-32(23(20)29-25)15-19-9-8-16(2)36-19/h8-9,18,33H,4-7,10-15H2,1-3H3,(H,27,28,29,30). The molecule has 10 nitrogen and oxygen atoms in total. The number of nitrogens with zero attached hydrogens (tertiary/aromatic N) is 5. The summed E-state index contributed by atoms with van der Waals surface area (Å²) in [6, 6.07) is 4.00.